The normalized spacial score (nSPS) is 30.0. The molecule has 5 fully saturated rings. The average molecular weight is 475 g/mol. The van der Waals surface area contributed by atoms with E-state index >= 15 is 0 Å². The average Bonchev–Trinajstić information content (AvgIpc) is 2.81. The monoisotopic (exact) mass is 474 g/mol. The lowest BCUT2D eigenvalue weighted by Gasteiger charge is -2.58. The van der Waals surface area contributed by atoms with Crippen molar-refractivity contribution >= 4 is 23.0 Å². The van der Waals surface area contributed by atoms with Gasteiger partial charge in [-0.3, -0.25) is 4.79 Å². The quantitative estimate of drug-likeness (QED) is 0.433. The molecule has 2 aromatic carbocycles. The number of piperidine rings is 1. The number of hydrogen-bond donors (Lipinski definition) is 3. The van der Waals surface area contributed by atoms with Crippen LogP contribution in [0.3, 0.4) is 0 Å². The van der Waals surface area contributed by atoms with Gasteiger partial charge >= 0.3 is 0 Å². The van der Waals surface area contributed by atoms with Gasteiger partial charge in [-0.2, -0.15) is 0 Å². The van der Waals surface area contributed by atoms with Crippen molar-refractivity contribution < 1.29 is 4.79 Å². The number of likely N-dealkylation sites (tertiary alicyclic amines) is 1. The number of carbonyl (C=O) groups excluding carboxylic acids is 1. The molecule has 1 amide bonds. The number of para-hydroxylation sites is 2. The minimum Gasteiger partial charge on any atom is -0.397 e. The molecular weight excluding hydrogens is 432 g/mol. The highest BCUT2D eigenvalue weighted by Gasteiger charge is 2.51. The van der Waals surface area contributed by atoms with Gasteiger partial charge < -0.3 is 21.3 Å². The first-order valence-electron chi connectivity index (χ1n) is 13.3. The second kappa shape index (κ2) is 9.85. The van der Waals surface area contributed by atoms with E-state index in [2.05, 4.69) is 15.5 Å². The van der Waals surface area contributed by atoms with Gasteiger partial charge in [0.15, 0.2) is 0 Å². The fourth-order valence-electron chi connectivity index (χ4n) is 7.95. The van der Waals surface area contributed by atoms with Crippen LogP contribution in [0, 0.1) is 23.2 Å². The van der Waals surface area contributed by atoms with Gasteiger partial charge in [0.1, 0.15) is 0 Å². The highest BCUT2D eigenvalue weighted by Crippen LogP contribution is 2.60. The zero-order chi connectivity index (χ0) is 23.1. The Kier molecular flexibility index (Phi) is 6.80. The van der Waals surface area contributed by atoms with Crippen molar-refractivity contribution in [2.24, 2.45) is 23.2 Å². The molecule has 2 aromatic rings. The molecule has 4 saturated carbocycles. The van der Waals surface area contributed by atoms with Crippen LogP contribution in [0.15, 0.2) is 48.5 Å². The molecule has 4 bridgehead atoms. The van der Waals surface area contributed by atoms with Gasteiger partial charge in [-0.25, -0.2) is 0 Å². The highest BCUT2D eigenvalue weighted by molar-refractivity contribution is 6.05. The van der Waals surface area contributed by atoms with Crippen molar-refractivity contribution in [2.75, 3.05) is 36.0 Å². The van der Waals surface area contributed by atoms with Gasteiger partial charge in [-0.05, 0) is 111 Å². The Bertz CT molecular complexity index is 990. The molecular formula is C30H42N4O. The van der Waals surface area contributed by atoms with Crippen LogP contribution in [0.1, 0.15) is 69.2 Å². The van der Waals surface area contributed by atoms with E-state index in [4.69, 9.17) is 5.73 Å². The standard InChI is InChI=1S/C29H38N4O.CH4/c30-26-3-1-2-4-27(26)32-28(34)23-5-7-24(8-6-23)31-25-9-11-33(12-10-25)19-29-16-20-13-21(17-29)15-22(14-20)18-29;/h1-8,20-22,25,31H,9-19,30H2,(H,32,34);1H4. The van der Waals surface area contributed by atoms with Crippen LogP contribution in [-0.4, -0.2) is 36.5 Å². The van der Waals surface area contributed by atoms with E-state index in [9.17, 15) is 4.79 Å². The maximum atomic E-state index is 12.6. The van der Waals surface area contributed by atoms with Crippen molar-refractivity contribution in [1.29, 1.82) is 0 Å². The molecule has 5 heteroatoms. The van der Waals surface area contributed by atoms with E-state index in [0.717, 1.165) is 23.4 Å². The van der Waals surface area contributed by atoms with E-state index in [1.807, 2.05) is 42.5 Å². The van der Waals surface area contributed by atoms with Crippen molar-refractivity contribution in [3.63, 3.8) is 0 Å². The van der Waals surface area contributed by atoms with Crippen molar-refractivity contribution in [3.05, 3.63) is 54.1 Å². The third-order valence-corrected chi connectivity index (χ3v) is 9.04. The maximum Gasteiger partial charge on any atom is 0.255 e. The Morgan fingerprint density at radius 3 is 2.11 bits per heavy atom. The summed E-state index contributed by atoms with van der Waals surface area (Å²) in [5, 5.41) is 6.60. The Balaban J connectivity index is 0.00000253. The first-order valence-corrected chi connectivity index (χ1v) is 13.3. The molecule has 5 nitrogen and oxygen atoms in total. The van der Waals surface area contributed by atoms with Gasteiger partial charge in [0, 0.05) is 36.9 Å². The van der Waals surface area contributed by atoms with Gasteiger partial charge in [0.05, 0.1) is 11.4 Å². The summed E-state index contributed by atoms with van der Waals surface area (Å²) in [4.78, 5) is 15.3. The topological polar surface area (TPSA) is 70.4 Å². The molecule has 0 aromatic heterocycles. The molecule has 188 valence electrons. The van der Waals surface area contributed by atoms with Crippen LogP contribution in [0.2, 0.25) is 0 Å². The highest BCUT2D eigenvalue weighted by atomic mass is 16.1. The molecule has 1 aliphatic heterocycles. The van der Waals surface area contributed by atoms with Crippen LogP contribution >= 0.6 is 0 Å². The Hall–Kier alpha value is -2.53. The number of nitrogen functional groups attached to an aromatic ring is 1. The molecule has 0 atom stereocenters. The third-order valence-electron chi connectivity index (χ3n) is 9.04. The van der Waals surface area contributed by atoms with E-state index < -0.39 is 0 Å². The van der Waals surface area contributed by atoms with Crippen LogP contribution in [0.25, 0.3) is 0 Å². The number of nitrogens with one attached hydrogen (secondary N) is 2. The summed E-state index contributed by atoms with van der Waals surface area (Å²) in [5.41, 5.74) is 9.54. The van der Waals surface area contributed by atoms with Gasteiger partial charge in [0.25, 0.3) is 5.91 Å². The zero-order valence-electron chi connectivity index (χ0n) is 20.1. The molecule has 5 aliphatic rings. The van der Waals surface area contributed by atoms with Crippen LogP contribution in [0.4, 0.5) is 17.1 Å². The summed E-state index contributed by atoms with van der Waals surface area (Å²) < 4.78 is 0. The number of amides is 1. The lowest BCUT2D eigenvalue weighted by molar-refractivity contribution is -0.0711. The molecule has 1 heterocycles. The summed E-state index contributed by atoms with van der Waals surface area (Å²) in [6, 6.07) is 15.7. The lowest BCUT2D eigenvalue weighted by atomic mass is 9.49. The van der Waals surface area contributed by atoms with Gasteiger partial charge in [-0.1, -0.05) is 19.6 Å². The van der Waals surface area contributed by atoms with Crippen molar-refractivity contribution in [3.8, 4) is 0 Å². The predicted octanol–water partition coefficient (Wildman–Crippen LogP) is 6.25. The summed E-state index contributed by atoms with van der Waals surface area (Å²) in [7, 11) is 0. The number of nitrogens with two attached hydrogens (primary N) is 1. The summed E-state index contributed by atoms with van der Waals surface area (Å²) >= 11 is 0. The summed E-state index contributed by atoms with van der Waals surface area (Å²) in [6.45, 7) is 3.76. The first kappa shape index (κ1) is 24.2. The predicted molar refractivity (Wildman–Crippen MR) is 146 cm³/mol. The molecule has 0 radical (unpaired) electrons. The second-order valence-corrected chi connectivity index (χ2v) is 11.7. The minimum atomic E-state index is -0.137. The largest absolute Gasteiger partial charge is 0.397 e. The van der Waals surface area contributed by atoms with E-state index in [0.29, 0.717) is 28.4 Å². The Labute approximate surface area is 210 Å². The fourth-order valence-corrected chi connectivity index (χ4v) is 7.95. The number of anilines is 3. The van der Waals surface area contributed by atoms with Crippen molar-refractivity contribution in [2.45, 2.75) is 64.8 Å². The smallest absolute Gasteiger partial charge is 0.255 e. The Morgan fingerprint density at radius 1 is 0.914 bits per heavy atom. The number of nitrogens with zero attached hydrogens (tertiary/aromatic N) is 1. The number of carbonyl (C=O) groups is 1. The van der Waals surface area contributed by atoms with Crippen LogP contribution in [0.5, 0.6) is 0 Å². The summed E-state index contributed by atoms with van der Waals surface area (Å²) in [6.07, 6.45) is 11.5. The molecule has 0 spiro atoms. The number of rotatable bonds is 6. The molecule has 4 aliphatic carbocycles. The van der Waals surface area contributed by atoms with Crippen LogP contribution < -0.4 is 16.4 Å². The Morgan fingerprint density at radius 2 is 1.51 bits per heavy atom. The number of hydrogen-bond acceptors (Lipinski definition) is 4. The molecule has 4 N–H and O–H groups in total. The van der Waals surface area contributed by atoms with Gasteiger partial charge in [-0.15, -0.1) is 0 Å². The lowest BCUT2D eigenvalue weighted by Crippen LogP contribution is -2.52. The fraction of sp³-hybridized carbons (Fsp3) is 0.567. The molecule has 0 unspecified atom stereocenters. The molecule has 7 rings (SSSR count). The molecule has 35 heavy (non-hydrogen) atoms. The zero-order valence-corrected chi connectivity index (χ0v) is 20.1. The SMILES string of the molecule is C.Nc1ccccc1NC(=O)c1ccc(NC2CCN(CC34CC5CC(CC(C5)C3)C4)CC2)cc1. The van der Waals surface area contributed by atoms with Gasteiger partial charge in [0.2, 0.25) is 0 Å². The first-order chi connectivity index (χ1) is 16.5. The van der Waals surface area contributed by atoms with E-state index in [1.165, 1.54) is 71.0 Å². The minimum absolute atomic E-state index is 0. The van der Waals surface area contributed by atoms with Crippen molar-refractivity contribution in [1.82, 2.24) is 4.90 Å². The summed E-state index contributed by atoms with van der Waals surface area (Å²) in [5.74, 6) is 2.99. The van der Waals surface area contributed by atoms with E-state index in [-0.39, 0.29) is 13.3 Å². The second-order valence-electron chi connectivity index (χ2n) is 11.7. The number of benzene rings is 2. The maximum absolute atomic E-state index is 12.6. The molecule has 1 saturated heterocycles. The van der Waals surface area contributed by atoms with Crippen LogP contribution in [-0.2, 0) is 0 Å². The van der Waals surface area contributed by atoms with E-state index in [1.54, 1.807) is 6.07 Å². The third kappa shape index (κ3) is 5.20.